The number of rotatable bonds is 2. The number of pyridine rings is 1. The van der Waals surface area contributed by atoms with Gasteiger partial charge in [0.05, 0.1) is 10.9 Å². The molecule has 2 aromatic heterocycles. The fourth-order valence-electron chi connectivity index (χ4n) is 2.89. The van der Waals surface area contributed by atoms with Crippen molar-refractivity contribution >= 4 is 32.8 Å². The van der Waals surface area contributed by atoms with Crippen LogP contribution >= 0.6 is 0 Å². The Balaban J connectivity index is 2.28. The SMILES string of the molecule is CCOn1c2ccccc2c2c1cc1ccccc1[n+]2[O-]. The van der Waals surface area contributed by atoms with E-state index in [-0.39, 0.29) is 0 Å². The van der Waals surface area contributed by atoms with Crippen LogP contribution < -0.4 is 9.57 Å². The van der Waals surface area contributed by atoms with E-state index in [2.05, 4.69) is 0 Å². The van der Waals surface area contributed by atoms with Gasteiger partial charge in [-0.3, -0.25) is 0 Å². The van der Waals surface area contributed by atoms with Gasteiger partial charge in [-0.25, -0.2) is 0 Å². The first kappa shape index (κ1) is 12.0. The van der Waals surface area contributed by atoms with Crippen LogP contribution in [-0.4, -0.2) is 11.3 Å². The fraction of sp³-hybridized carbons (Fsp3) is 0.118. The largest absolute Gasteiger partial charge is 0.618 e. The summed E-state index contributed by atoms with van der Waals surface area (Å²) in [6.45, 7) is 2.48. The zero-order chi connectivity index (χ0) is 14.4. The monoisotopic (exact) mass is 278 g/mol. The molecule has 0 saturated carbocycles. The Bertz CT molecular complexity index is 973. The maximum absolute atomic E-state index is 12.8. The van der Waals surface area contributed by atoms with Crippen LogP contribution in [0.5, 0.6) is 0 Å². The van der Waals surface area contributed by atoms with Crippen LogP contribution in [0.1, 0.15) is 6.92 Å². The lowest BCUT2D eigenvalue weighted by Gasteiger charge is -2.07. The summed E-state index contributed by atoms with van der Waals surface area (Å²) < 4.78 is 2.76. The van der Waals surface area contributed by atoms with Crippen LogP contribution in [0, 0.1) is 5.21 Å². The number of hydrogen-bond donors (Lipinski definition) is 0. The Morgan fingerprint density at radius 1 is 1.05 bits per heavy atom. The molecule has 0 fully saturated rings. The molecule has 0 aliphatic heterocycles. The standard InChI is InChI=1S/C17H14N2O2/c1-2-21-19-15-10-6-4-8-13(15)17-16(19)11-12-7-3-5-9-14(12)18(17)20/h3-11H,2H2,1H3. The van der Waals surface area contributed by atoms with Crippen LogP contribution in [0.3, 0.4) is 0 Å². The van der Waals surface area contributed by atoms with Gasteiger partial charge in [0.1, 0.15) is 6.61 Å². The number of benzene rings is 2. The van der Waals surface area contributed by atoms with E-state index in [9.17, 15) is 5.21 Å². The van der Waals surface area contributed by atoms with Crippen molar-refractivity contribution in [3.63, 3.8) is 0 Å². The van der Waals surface area contributed by atoms with Gasteiger partial charge in [0.2, 0.25) is 5.52 Å². The minimum absolute atomic E-state index is 0.541. The maximum Gasteiger partial charge on any atom is 0.253 e. The summed E-state index contributed by atoms with van der Waals surface area (Å²) in [4.78, 5) is 5.74. The second-order valence-electron chi connectivity index (χ2n) is 4.96. The van der Waals surface area contributed by atoms with Crippen molar-refractivity contribution in [3.8, 4) is 0 Å². The molecule has 0 N–H and O–H groups in total. The van der Waals surface area contributed by atoms with Crippen molar-refractivity contribution in [1.82, 2.24) is 4.73 Å². The van der Waals surface area contributed by atoms with E-state index in [0.29, 0.717) is 17.6 Å². The minimum atomic E-state index is 0.541. The molecular formula is C17H14N2O2. The van der Waals surface area contributed by atoms with Crippen molar-refractivity contribution in [2.45, 2.75) is 6.92 Å². The van der Waals surface area contributed by atoms with E-state index in [4.69, 9.17) is 4.84 Å². The van der Waals surface area contributed by atoms with E-state index in [1.807, 2.05) is 61.5 Å². The first-order chi connectivity index (χ1) is 10.3. The van der Waals surface area contributed by atoms with Crippen molar-refractivity contribution in [2.75, 3.05) is 6.61 Å². The smallest absolute Gasteiger partial charge is 0.253 e. The number of para-hydroxylation sites is 2. The number of fused-ring (bicyclic) bond motifs is 4. The fourth-order valence-corrected chi connectivity index (χ4v) is 2.89. The zero-order valence-electron chi connectivity index (χ0n) is 11.6. The minimum Gasteiger partial charge on any atom is -0.618 e. The van der Waals surface area contributed by atoms with Gasteiger partial charge in [-0.05, 0) is 31.2 Å². The van der Waals surface area contributed by atoms with Crippen LogP contribution in [0.25, 0.3) is 32.8 Å². The first-order valence-electron chi connectivity index (χ1n) is 6.99. The molecule has 0 unspecified atom stereocenters. The van der Waals surface area contributed by atoms with Gasteiger partial charge in [-0.2, -0.15) is 9.46 Å². The topological polar surface area (TPSA) is 41.1 Å². The van der Waals surface area contributed by atoms with Crippen LogP contribution in [0.4, 0.5) is 0 Å². The maximum atomic E-state index is 12.8. The summed E-state index contributed by atoms with van der Waals surface area (Å²) in [7, 11) is 0. The van der Waals surface area contributed by atoms with Gasteiger partial charge in [0.15, 0.2) is 5.52 Å². The Kier molecular flexibility index (Phi) is 2.51. The molecule has 0 saturated heterocycles. The molecule has 0 spiro atoms. The molecule has 2 heterocycles. The molecule has 4 aromatic rings. The summed E-state index contributed by atoms with van der Waals surface area (Å²) in [5.74, 6) is 0. The Labute approximate surface area is 121 Å². The molecule has 0 radical (unpaired) electrons. The molecule has 2 aromatic carbocycles. The molecule has 0 atom stereocenters. The first-order valence-corrected chi connectivity index (χ1v) is 6.99. The highest BCUT2D eigenvalue weighted by Gasteiger charge is 2.20. The third kappa shape index (κ3) is 1.59. The molecule has 4 nitrogen and oxygen atoms in total. The van der Waals surface area contributed by atoms with Crippen LogP contribution in [-0.2, 0) is 0 Å². The summed E-state index contributed by atoms with van der Waals surface area (Å²) in [5.41, 5.74) is 3.03. The average molecular weight is 278 g/mol. The van der Waals surface area contributed by atoms with Gasteiger partial charge in [0, 0.05) is 11.5 Å². The lowest BCUT2D eigenvalue weighted by molar-refractivity contribution is -0.547. The quantitative estimate of drug-likeness (QED) is 0.418. The van der Waals surface area contributed by atoms with Crippen molar-refractivity contribution < 1.29 is 9.57 Å². The number of hydrogen-bond acceptors (Lipinski definition) is 2. The summed E-state index contributed by atoms with van der Waals surface area (Å²) in [6.07, 6.45) is 0. The molecule has 21 heavy (non-hydrogen) atoms. The molecule has 104 valence electrons. The number of nitrogens with zero attached hydrogens (tertiary/aromatic N) is 2. The highest BCUT2D eigenvalue weighted by molar-refractivity contribution is 6.06. The lowest BCUT2D eigenvalue weighted by atomic mass is 10.2. The predicted octanol–water partition coefficient (Wildman–Crippen LogP) is 3.03. The number of aromatic nitrogens is 2. The van der Waals surface area contributed by atoms with E-state index >= 15 is 0 Å². The normalized spacial score (nSPS) is 11.5. The lowest BCUT2D eigenvalue weighted by Crippen LogP contribution is -2.28. The second-order valence-corrected chi connectivity index (χ2v) is 4.96. The summed E-state index contributed by atoms with van der Waals surface area (Å²) in [6, 6.07) is 17.4. The third-order valence-corrected chi connectivity index (χ3v) is 3.75. The van der Waals surface area contributed by atoms with E-state index < -0.39 is 0 Å². The van der Waals surface area contributed by atoms with Crippen LogP contribution in [0.2, 0.25) is 0 Å². The molecule has 4 heteroatoms. The third-order valence-electron chi connectivity index (χ3n) is 3.75. The van der Waals surface area contributed by atoms with Crippen molar-refractivity contribution in [3.05, 3.63) is 59.8 Å². The molecule has 0 bridgehead atoms. The van der Waals surface area contributed by atoms with Gasteiger partial charge in [-0.1, -0.05) is 24.3 Å². The molecule has 0 amide bonds. The predicted molar refractivity (Wildman–Crippen MR) is 83.0 cm³/mol. The average Bonchev–Trinajstić information content (AvgIpc) is 2.83. The molecule has 0 aliphatic rings. The van der Waals surface area contributed by atoms with Gasteiger partial charge in [-0.15, -0.1) is 0 Å². The van der Waals surface area contributed by atoms with Crippen molar-refractivity contribution in [2.24, 2.45) is 0 Å². The molecule has 4 rings (SSSR count). The molecular weight excluding hydrogens is 264 g/mol. The summed E-state index contributed by atoms with van der Waals surface area (Å²) >= 11 is 0. The van der Waals surface area contributed by atoms with E-state index in [1.165, 1.54) is 0 Å². The van der Waals surface area contributed by atoms with Crippen LogP contribution in [0.15, 0.2) is 54.6 Å². The van der Waals surface area contributed by atoms with E-state index in [1.54, 1.807) is 4.73 Å². The Morgan fingerprint density at radius 2 is 1.81 bits per heavy atom. The highest BCUT2D eigenvalue weighted by atomic mass is 16.7. The van der Waals surface area contributed by atoms with Gasteiger partial charge in [0.25, 0.3) is 5.52 Å². The van der Waals surface area contributed by atoms with Gasteiger partial charge < -0.3 is 10.0 Å². The second kappa shape index (κ2) is 4.38. The van der Waals surface area contributed by atoms with E-state index in [0.717, 1.165) is 26.5 Å². The Morgan fingerprint density at radius 3 is 2.67 bits per heavy atom. The highest BCUT2D eigenvalue weighted by Crippen LogP contribution is 2.28. The Hall–Kier alpha value is -2.75. The van der Waals surface area contributed by atoms with Gasteiger partial charge >= 0.3 is 0 Å². The zero-order valence-corrected chi connectivity index (χ0v) is 11.6. The summed E-state index contributed by atoms with van der Waals surface area (Å²) in [5, 5.41) is 14.6. The molecule has 0 aliphatic carbocycles. The van der Waals surface area contributed by atoms with Crippen molar-refractivity contribution in [1.29, 1.82) is 0 Å².